The first-order valence-corrected chi connectivity index (χ1v) is 13.4. The monoisotopic (exact) mass is 420 g/mol. The van der Waals surface area contributed by atoms with Gasteiger partial charge >= 0.3 is 0 Å². The maximum atomic E-state index is 10.3. The molecule has 0 aliphatic carbocycles. The normalized spacial score (nSPS) is 11.9. The van der Waals surface area contributed by atoms with Gasteiger partial charge in [0, 0.05) is 0 Å². The fraction of sp³-hybridized carbons (Fsp3) is 0.778. The standard InChI is InChI=1S/C27H48OS/c1-6-7-8-9-10-11-12-13-14-16-19-29-20-17-15-18-24-22-25(27(3,4)5)26(28)21-23(24)2/h21-22,28H,6-20H2,1-5H3. The lowest BCUT2D eigenvalue weighted by molar-refractivity contribution is 0.445. The fourth-order valence-electron chi connectivity index (χ4n) is 3.92. The molecule has 29 heavy (non-hydrogen) atoms. The lowest BCUT2D eigenvalue weighted by Gasteiger charge is -2.22. The molecule has 0 radical (unpaired) electrons. The van der Waals surface area contributed by atoms with E-state index in [0.29, 0.717) is 5.75 Å². The maximum Gasteiger partial charge on any atom is 0.119 e. The summed E-state index contributed by atoms with van der Waals surface area (Å²) < 4.78 is 0. The Morgan fingerprint density at radius 2 is 1.28 bits per heavy atom. The minimum absolute atomic E-state index is 0.00254. The molecule has 0 atom stereocenters. The van der Waals surface area contributed by atoms with Gasteiger partial charge in [0.1, 0.15) is 5.75 Å². The molecule has 1 rings (SSSR count). The van der Waals surface area contributed by atoms with Gasteiger partial charge in [-0.3, -0.25) is 0 Å². The molecule has 0 aliphatic heterocycles. The van der Waals surface area contributed by atoms with Gasteiger partial charge in [-0.05, 0) is 72.3 Å². The summed E-state index contributed by atoms with van der Waals surface area (Å²) in [5.74, 6) is 3.08. The molecule has 2 heteroatoms. The molecular formula is C27H48OS. The highest BCUT2D eigenvalue weighted by Crippen LogP contribution is 2.33. The average molecular weight is 421 g/mol. The van der Waals surface area contributed by atoms with Crippen molar-refractivity contribution in [3.8, 4) is 5.75 Å². The van der Waals surface area contributed by atoms with Crippen molar-refractivity contribution in [2.45, 2.75) is 124 Å². The second-order valence-corrected chi connectivity index (χ2v) is 11.0. The quantitative estimate of drug-likeness (QED) is 0.269. The van der Waals surface area contributed by atoms with Gasteiger partial charge in [-0.1, -0.05) is 91.5 Å². The number of thioether (sulfide) groups is 1. The molecule has 1 aromatic rings. The number of benzene rings is 1. The number of unbranched alkanes of at least 4 members (excludes halogenated alkanes) is 10. The summed E-state index contributed by atoms with van der Waals surface area (Å²) in [7, 11) is 0. The molecular weight excluding hydrogens is 372 g/mol. The van der Waals surface area contributed by atoms with E-state index in [1.807, 2.05) is 6.07 Å². The predicted octanol–water partition coefficient (Wildman–Crippen LogP) is 8.97. The molecule has 1 aromatic carbocycles. The van der Waals surface area contributed by atoms with E-state index >= 15 is 0 Å². The van der Waals surface area contributed by atoms with Gasteiger partial charge in [0.25, 0.3) is 0 Å². The first-order valence-electron chi connectivity index (χ1n) is 12.3. The Morgan fingerprint density at radius 3 is 1.83 bits per heavy atom. The van der Waals surface area contributed by atoms with Crippen molar-refractivity contribution in [3.63, 3.8) is 0 Å². The number of hydrogen-bond donors (Lipinski definition) is 1. The Balaban J connectivity index is 2.04. The van der Waals surface area contributed by atoms with Crippen molar-refractivity contribution in [1.29, 1.82) is 0 Å². The van der Waals surface area contributed by atoms with Gasteiger partial charge in [0.2, 0.25) is 0 Å². The molecule has 168 valence electrons. The summed E-state index contributed by atoms with van der Waals surface area (Å²) >= 11 is 2.14. The Morgan fingerprint density at radius 1 is 0.759 bits per heavy atom. The molecule has 1 N–H and O–H groups in total. The zero-order valence-electron chi connectivity index (χ0n) is 20.1. The topological polar surface area (TPSA) is 20.2 Å². The van der Waals surface area contributed by atoms with E-state index in [-0.39, 0.29) is 5.41 Å². The van der Waals surface area contributed by atoms with Crippen LogP contribution in [0.3, 0.4) is 0 Å². The summed E-state index contributed by atoms with van der Waals surface area (Å²) in [6.07, 6.45) is 17.9. The van der Waals surface area contributed by atoms with Crippen LogP contribution in [0.15, 0.2) is 12.1 Å². The van der Waals surface area contributed by atoms with Crippen LogP contribution in [0.2, 0.25) is 0 Å². The first kappa shape index (κ1) is 26.4. The molecule has 0 saturated heterocycles. The van der Waals surface area contributed by atoms with Crippen molar-refractivity contribution in [3.05, 3.63) is 28.8 Å². The fourth-order valence-corrected chi connectivity index (χ4v) is 4.94. The number of hydrogen-bond acceptors (Lipinski definition) is 2. The lowest BCUT2D eigenvalue weighted by atomic mass is 9.84. The van der Waals surface area contributed by atoms with Gasteiger partial charge < -0.3 is 5.11 Å². The summed E-state index contributed by atoms with van der Waals surface area (Å²) in [5.41, 5.74) is 3.71. The van der Waals surface area contributed by atoms with Crippen molar-refractivity contribution < 1.29 is 5.11 Å². The van der Waals surface area contributed by atoms with Crippen LogP contribution in [-0.2, 0) is 11.8 Å². The predicted molar refractivity (Wildman–Crippen MR) is 134 cm³/mol. The molecule has 0 aromatic heterocycles. The Bertz CT molecular complexity index is 544. The van der Waals surface area contributed by atoms with E-state index in [2.05, 4.69) is 52.4 Å². The van der Waals surface area contributed by atoms with Crippen LogP contribution in [0.1, 0.15) is 121 Å². The SMILES string of the molecule is CCCCCCCCCCCCSCCCCc1cc(C(C)(C)C)c(O)cc1C. The molecule has 1 nitrogen and oxygen atoms in total. The molecule has 0 spiro atoms. The van der Waals surface area contributed by atoms with E-state index in [4.69, 9.17) is 0 Å². The second-order valence-electron chi connectivity index (χ2n) is 9.80. The Labute approximate surface area is 186 Å². The van der Waals surface area contributed by atoms with E-state index in [1.54, 1.807) is 0 Å². The highest BCUT2D eigenvalue weighted by atomic mass is 32.2. The third-order valence-corrected chi connectivity index (χ3v) is 7.04. The molecule has 0 unspecified atom stereocenters. The number of phenols is 1. The second kappa shape index (κ2) is 15.2. The average Bonchev–Trinajstić information content (AvgIpc) is 2.65. The van der Waals surface area contributed by atoms with E-state index in [0.717, 1.165) is 12.0 Å². The van der Waals surface area contributed by atoms with Gasteiger partial charge in [0.05, 0.1) is 0 Å². The van der Waals surface area contributed by atoms with Crippen LogP contribution >= 0.6 is 11.8 Å². The zero-order chi connectivity index (χ0) is 21.5. The minimum Gasteiger partial charge on any atom is -0.508 e. The van der Waals surface area contributed by atoms with Crippen molar-refractivity contribution in [1.82, 2.24) is 0 Å². The maximum absolute atomic E-state index is 10.3. The summed E-state index contributed by atoms with van der Waals surface area (Å²) in [5, 5.41) is 10.3. The number of phenolic OH excluding ortho intramolecular Hbond substituents is 1. The molecule has 0 bridgehead atoms. The largest absolute Gasteiger partial charge is 0.508 e. The van der Waals surface area contributed by atoms with Crippen LogP contribution < -0.4 is 0 Å². The molecule has 0 saturated carbocycles. The number of aromatic hydroxyl groups is 1. The molecule has 0 fully saturated rings. The van der Waals surface area contributed by atoms with Crippen molar-refractivity contribution in [2.75, 3.05) is 11.5 Å². The lowest BCUT2D eigenvalue weighted by Crippen LogP contribution is -2.12. The van der Waals surface area contributed by atoms with Crippen LogP contribution in [0, 0.1) is 6.92 Å². The van der Waals surface area contributed by atoms with Crippen LogP contribution in [0.5, 0.6) is 5.75 Å². The van der Waals surface area contributed by atoms with Gasteiger partial charge in [-0.2, -0.15) is 11.8 Å². The van der Waals surface area contributed by atoms with E-state index < -0.39 is 0 Å². The van der Waals surface area contributed by atoms with E-state index in [9.17, 15) is 5.11 Å². The highest BCUT2D eigenvalue weighted by molar-refractivity contribution is 7.99. The van der Waals surface area contributed by atoms with Gasteiger partial charge in [0.15, 0.2) is 0 Å². The first-order chi connectivity index (χ1) is 13.9. The number of rotatable bonds is 16. The molecule has 0 amide bonds. The zero-order valence-corrected chi connectivity index (χ0v) is 20.9. The summed E-state index contributed by atoms with van der Waals surface area (Å²) in [6, 6.07) is 4.19. The third kappa shape index (κ3) is 12.0. The van der Waals surface area contributed by atoms with Crippen LogP contribution in [0.25, 0.3) is 0 Å². The Kier molecular flexibility index (Phi) is 13.9. The number of aryl methyl sites for hydroxylation is 2. The molecule has 0 heterocycles. The van der Waals surface area contributed by atoms with Crippen LogP contribution in [-0.4, -0.2) is 16.6 Å². The minimum atomic E-state index is -0.00254. The third-order valence-electron chi connectivity index (χ3n) is 5.89. The summed E-state index contributed by atoms with van der Waals surface area (Å²) in [6.45, 7) is 10.9. The van der Waals surface area contributed by atoms with Gasteiger partial charge in [-0.15, -0.1) is 0 Å². The van der Waals surface area contributed by atoms with Crippen molar-refractivity contribution in [2.24, 2.45) is 0 Å². The highest BCUT2D eigenvalue weighted by Gasteiger charge is 2.19. The Hall–Kier alpha value is -0.630. The van der Waals surface area contributed by atoms with Crippen LogP contribution in [0.4, 0.5) is 0 Å². The van der Waals surface area contributed by atoms with Gasteiger partial charge in [-0.25, -0.2) is 0 Å². The molecule has 0 aliphatic rings. The smallest absolute Gasteiger partial charge is 0.119 e. The summed E-state index contributed by atoms with van der Waals surface area (Å²) in [4.78, 5) is 0. The van der Waals surface area contributed by atoms with Crippen molar-refractivity contribution >= 4 is 11.8 Å². The van der Waals surface area contributed by atoms with E-state index in [1.165, 1.54) is 99.7 Å².